The Balaban J connectivity index is 2.11. The zero-order chi connectivity index (χ0) is 10.3. The molecule has 0 bridgehead atoms. The summed E-state index contributed by atoms with van der Waals surface area (Å²) in [6.07, 6.45) is 9.20. The van der Waals surface area contributed by atoms with E-state index >= 15 is 0 Å². The summed E-state index contributed by atoms with van der Waals surface area (Å²) in [5.41, 5.74) is 7.66. The molecule has 0 spiro atoms. The van der Waals surface area contributed by atoms with Gasteiger partial charge in [-0.2, -0.15) is 0 Å². The van der Waals surface area contributed by atoms with Crippen LogP contribution < -0.4 is 5.73 Å². The first-order valence-electron chi connectivity index (χ1n) is 5.57. The number of hydrogen-bond acceptors (Lipinski definition) is 2. The van der Waals surface area contributed by atoms with Gasteiger partial charge < -0.3 is 10.1 Å². The predicted octanol–water partition coefficient (Wildman–Crippen LogP) is 2.57. The summed E-state index contributed by atoms with van der Waals surface area (Å²) in [4.78, 5) is 4.53. The Labute approximate surface area is 88.9 Å². The zero-order valence-electron chi connectivity index (χ0n) is 8.69. The van der Waals surface area contributed by atoms with Gasteiger partial charge in [0.05, 0.1) is 11.7 Å². The largest absolute Gasteiger partial charge is 0.399 e. The van der Waals surface area contributed by atoms with Crippen molar-refractivity contribution in [2.75, 3.05) is 5.73 Å². The summed E-state index contributed by atoms with van der Waals surface area (Å²) in [7, 11) is 0. The van der Waals surface area contributed by atoms with E-state index in [4.69, 9.17) is 5.73 Å². The number of fused-ring (bicyclic) bond motifs is 1. The van der Waals surface area contributed by atoms with Crippen molar-refractivity contribution in [3.8, 4) is 0 Å². The van der Waals surface area contributed by atoms with Gasteiger partial charge in [-0.1, -0.05) is 12.8 Å². The lowest BCUT2D eigenvalue weighted by Crippen LogP contribution is -2.00. The van der Waals surface area contributed by atoms with E-state index in [1.54, 1.807) is 0 Å². The molecule has 3 rings (SSSR count). The number of nitrogens with zero attached hydrogens (tertiary/aromatic N) is 2. The molecule has 15 heavy (non-hydrogen) atoms. The van der Waals surface area contributed by atoms with Gasteiger partial charge in [-0.25, -0.2) is 4.98 Å². The normalized spacial score (nSPS) is 17.6. The van der Waals surface area contributed by atoms with Crippen LogP contribution >= 0.6 is 0 Å². The number of pyridine rings is 1. The smallest absolute Gasteiger partial charge is 0.116 e. The number of nitrogen functional groups attached to an aromatic ring is 1. The van der Waals surface area contributed by atoms with Gasteiger partial charge in [-0.15, -0.1) is 0 Å². The topological polar surface area (TPSA) is 43.3 Å². The minimum Gasteiger partial charge on any atom is -0.399 e. The monoisotopic (exact) mass is 201 g/mol. The first-order valence-corrected chi connectivity index (χ1v) is 5.57. The Kier molecular flexibility index (Phi) is 1.91. The molecular weight excluding hydrogens is 186 g/mol. The third kappa shape index (κ3) is 1.39. The molecule has 1 aliphatic carbocycles. The van der Waals surface area contributed by atoms with Crippen LogP contribution in [-0.2, 0) is 0 Å². The van der Waals surface area contributed by atoms with Crippen molar-refractivity contribution in [2.45, 2.75) is 31.6 Å². The van der Waals surface area contributed by atoms with Crippen LogP contribution in [0.3, 0.4) is 0 Å². The van der Waals surface area contributed by atoms with Crippen LogP contribution in [0.2, 0.25) is 0 Å². The average Bonchev–Trinajstić information content (AvgIpc) is 2.82. The van der Waals surface area contributed by atoms with Gasteiger partial charge in [0, 0.05) is 17.8 Å². The average molecular weight is 201 g/mol. The zero-order valence-corrected chi connectivity index (χ0v) is 8.69. The summed E-state index contributed by atoms with van der Waals surface area (Å²) in [5, 5.41) is 0. The quantitative estimate of drug-likeness (QED) is 0.770. The third-order valence-electron chi connectivity index (χ3n) is 3.31. The second-order valence-corrected chi connectivity index (χ2v) is 4.35. The number of hydrogen-bond donors (Lipinski definition) is 1. The third-order valence-corrected chi connectivity index (χ3v) is 3.31. The molecule has 2 heterocycles. The Bertz CT molecular complexity index is 481. The lowest BCUT2D eigenvalue weighted by Gasteiger charge is -2.07. The molecule has 2 N–H and O–H groups in total. The minimum absolute atomic E-state index is 0.649. The van der Waals surface area contributed by atoms with Crippen LogP contribution in [0.5, 0.6) is 0 Å². The molecule has 0 amide bonds. The van der Waals surface area contributed by atoms with Gasteiger partial charge in [-0.05, 0) is 25.0 Å². The predicted molar refractivity (Wildman–Crippen MR) is 60.8 cm³/mol. The van der Waals surface area contributed by atoms with Crippen molar-refractivity contribution in [3.63, 3.8) is 0 Å². The van der Waals surface area contributed by atoms with Gasteiger partial charge in [0.2, 0.25) is 0 Å². The maximum atomic E-state index is 5.75. The highest BCUT2D eigenvalue weighted by Crippen LogP contribution is 2.33. The molecule has 2 aromatic heterocycles. The SMILES string of the molecule is Nc1ccn2c(C3CCCC3)ncc2c1. The van der Waals surface area contributed by atoms with Crippen molar-refractivity contribution >= 4 is 11.2 Å². The number of imidazole rings is 1. The van der Waals surface area contributed by atoms with Crippen molar-refractivity contribution in [2.24, 2.45) is 0 Å². The molecule has 2 aromatic rings. The Hall–Kier alpha value is -1.51. The fraction of sp³-hybridized carbons (Fsp3) is 0.417. The lowest BCUT2D eigenvalue weighted by atomic mass is 10.1. The van der Waals surface area contributed by atoms with Crippen LogP contribution in [0.1, 0.15) is 37.4 Å². The van der Waals surface area contributed by atoms with Crippen LogP contribution in [0.4, 0.5) is 5.69 Å². The maximum Gasteiger partial charge on any atom is 0.116 e. The highest BCUT2D eigenvalue weighted by atomic mass is 15.0. The van der Waals surface area contributed by atoms with E-state index in [2.05, 4.69) is 9.38 Å². The molecule has 0 aromatic carbocycles. The molecule has 0 atom stereocenters. The van der Waals surface area contributed by atoms with Gasteiger partial charge in [-0.3, -0.25) is 0 Å². The van der Waals surface area contributed by atoms with Gasteiger partial charge in [0.1, 0.15) is 5.82 Å². The highest BCUT2D eigenvalue weighted by Gasteiger charge is 2.20. The molecule has 3 nitrogen and oxygen atoms in total. The molecule has 0 saturated heterocycles. The van der Waals surface area contributed by atoms with Crippen molar-refractivity contribution in [1.82, 2.24) is 9.38 Å². The molecule has 0 unspecified atom stereocenters. The van der Waals surface area contributed by atoms with E-state index in [9.17, 15) is 0 Å². The van der Waals surface area contributed by atoms with E-state index in [-0.39, 0.29) is 0 Å². The summed E-state index contributed by atoms with van der Waals surface area (Å²) in [5.74, 6) is 1.86. The van der Waals surface area contributed by atoms with Crippen LogP contribution in [0, 0.1) is 0 Å². The second-order valence-electron chi connectivity index (χ2n) is 4.35. The number of anilines is 1. The van der Waals surface area contributed by atoms with E-state index in [1.165, 1.54) is 31.5 Å². The lowest BCUT2D eigenvalue weighted by molar-refractivity contribution is 0.665. The van der Waals surface area contributed by atoms with Crippen molar-refractivity contribution < 1.29 is 0 Å². The van der Waals surface area contributed by atoms with Gasteiger partial charge in [0.15, 0.2) is 0 Å². The van der Waals surface area contributed by atoms with Crippen molar-refractivity contribution in [1.29, 1.82) is 0 Å². The fourth-order valence-corrected chi connectivity index (χ4v) is 2.52. The molecular formula is C12H15N3. The fourth-order valence-electron chi connectivity index (χ4n) is 2.52. The number of rotatable bonds is 1. The summed E-state index contributed by atoms with van der Waals surface area (Å²) in [6.45, 7) is 0. The van der Waals surface area contributed by atoms with E-state index in [0.717, 1.165) is 11.2 Å². The van der Waals surface area contributed by atoms with E-state index < -0.39 is 0 Å². The Morgan fingerprint density at radius 3 is 2.93 bits per heavy atom. The van der Waals surface area contributed by atoms with Crippen LogP contribution in [0.15, 0.2) is 24.5 Å². The van der Waals surface area contributed by atoms with E-state index in [0.29, 0.717) is 5.92 Å². The molecule has 1 saturated carbocycles. The Morgan fingerprint density at radius 2 is 2.13 bits per heavy atom. The summed E-state index contributed by atoms with van der Waals surface area (Å²) < 4.78 is 2.17. The molecule has 78 valence electrons. The molecule has 1 aliphatic rings. The van der Waals surface area contributed by atoms with Crippen molar-refractivity contribution in [3.05, 3.63) is 30.4 Å². The first kappa shape index (κ1) is 8.77. The second kappa shape index (κ2) is 3.26. The van der Waals surface area contributed by atoms with Crippen LogP contribution in [0.25, 0.3) is 5.52 Å². The highest BCUT2D eigenvalue weighted by molar-refractivity contribution is 5.56. The first-order chi connectivity index (χ1) is 7.34. The number of aromatic nitrogens is 2. The van der Waals surface area contributed by atoms with Gasteiger partial charge >= 0.3 is 0 Å². The summed E-state index contributed by atoms with van der Waals surface area (Å²) in [6, 6.07) is 3.92. The molecule has 3 heteroatoms. The number of nitrogens with two attached hydrogens (primary N) is 1. The molecule has 0 aliphatic heterocycles. The standard InChI is InChI=1S/C12H15N3/c13-10-5-6-15-11(7-10)8-14-12(15)9-3-1-2-4-9/h5-9H,1-4,13H2. The molecule has 1 fully saturated rings. The molecule has 0 radical (unpaired) electrons. The van der Waals surface area contributed by atoms with E-state index in [1.807, 2.05) is 24.5 Å². The summed E-state index contributed by atoms with van der Waals surface area (Å²) >= 11 is 0. The van der Waals surface area contributed by atoms with Crippen LogP contribution in [-0.4, -0.2) is 9.38 Å². The maximum absolute atomic E-state index is 5.75. The Morgan fingerprint density at radius 1 is 1.33 bits per heavy atom. The van der Waals surface area contributed by atoms with Gasteiger partial charge in [0.25, 0.3) is 0 Å². The minimum atomic E-state index is 0.649.